The monoisotopic (exact) mass is 292 g/mol. The second kappa shape index (κ2) is 6.53. The number of carbonyl (C=O) groups is 1. The van der Waals surface area contributed by atoms with Crippen LogP contribution in [0, 0.1) is 16.0 Å². The molecule has 114 valence electrons. The van der Waals surface area contributed by atoms with E-state index in [0.717, 1.165) is 25.9 Å². The Kier molecular flexibility index (Phi) is 4.74. The molecule has 1 aromatic carbocycles. The number of amides is 1. The number of nitro groups is 1. The first-order valence-corrected chi connectivity index (χ1v) is 6.99. The number of nitrogens with two attached hydrogens (primary N) is 1. The van der Waals surface area contributed by atoms with Gasteiger partial charge >= 0.3 is 0 Å². The number of piperidine rings is 1. The largest absolute Gasteiger partial charge is 0.369 e. The van der Waals surface area contributed by atoms with Crippen LogP contribution in [0.5, 0.6) is 0 Å². The summed E-state index contributed by atoms with van der Waals surface area (Å²) in [5.41, 5.74) is 5.96. The van der Waals surface area contributed by atoms with E-state index >= 15 is 0 Å². The smallest absolute Gasteiger partial charge is 0.292 e. The molecule has 1 aliphatic heterocycles. The van der Waals surface area contributed by atoms with Crippen molar-refractivity contribution in [2.45, 2.75) is 12.8 Å². The van der Waals surface area contributed by atoms with Gasteiger partial charge in [0.15, 0.2) is 0 Å². The molecule has 0 spiro atoms. The quantitative estimate of drug-likeness (QED) is 0.625. The van der Waals surface area contributed by atoms with E-state index in [-0.39, 0.29) is 11.3 Å². The van der Waals surface area contributed by atoms with Crippen molar-refractivity contribution in [1.82, 2.24) is 5.32 Å². The highest BCUT2D eigenvalue weighted by atomic mass is 16.6. The Labute approximate surface area is 123 Å². The predicted octanol–water partition coefficient (Wildman–Crippen LogP) is 1.13. The SMILES string of the molecule is CN(CC1CCCNC1)c1cc(C(N)=O)ccc1[N+](=O)[O-]. The highest BCUT2D eigenvalue weighted by molar-refractivity contribution is 5.94. The molecule has 1 atom stereocenters. The normalized spacial score (nSPS) is 18.2. The lowest BCUT2D eigenvalue weighted by atomic mass is 9.99. The highest BCUT2D eigenvalue weighted by Gasteiger charge is 2.22. The molecule has 1 aromatic rings. The maximum absolute atomic E-state index is 11.3. The molecule has 0 aromatic heterocycles. The van der Waals surface area contributed by atoms with Gasteiger partial charge in [0.1, 0.15) is 5.69 Å². The van der Waals surface area contributed by atoms with Crippen LogP contribution < -0.4 is 16.0 Å². The fourth-order valence-electron chi connectivity index (χ4n) is 2.70. The first-order valence-electron chi connectivity index (χ1n) is 6.99. The number of nitro benzene ring substituents is 1. The molecule has 0 radical (unpaired) electrons. The zero-order valence-electron chi connectivity index (χ0n) is 12.0. The average Bonchev–Trinajstić information content (AvgIpc) is 2.47. The Bertz CT molecular complexity index is 541. The summed E-state index contributed by atoms with van der Waals surface area (Å²) < 4.78 is 0. The molecule has 7 heteroatoms. The zero-order chi connectivity index (χ0) is 15.4. The molecule has 1 heterocycles. The molecule has 1 unspecified atom stereocenters. The third-order valence-corrected chi connectivity index (χ3v) is 3.80. The number of benzene rings is 1. The lowest BCUT2D eigenvalue weighted by Crippen LogP contribution is -2.37. The minimum absolute atomic E-state index is 0.00808. The minimum Gasteiger partial charge on any atom is -0.369 e. The molecule has 1 amide bonds. The van der Waals surface area contributed by atoms with Crippen molar-refractivity contribution < 1.29 is 9.72 Å². The third kappa shape index (κ3) is 3.69. The predicted molar refractivity (Wildman–Crippen MR) is 80.5 cm³/mol. The Morgan fingerprint density at radius 1 is 1.57 bits per heavy atom. The Balaban J connectivity index is 2.23. The molecule has 0 saturated carbocycles. The first-order chi connectivity index (χ1) is 9.99. The van der Waals surface area contributed by atoms with Gasteiger partial charge in [0.05, 0.1) is 4.92 Å². The van der Waals surface area contributed by atoms with Gasteiger partial charge in [-0.1, -0.05) is 0 Å². The van der Waals surface area contributed by atoms with Crippen molar-refractivity contribution >= 4 is 17.3 Å². The molecule has 21 heavy (non-hydrogen) atoms. The lowest BCUT2D eigenvalue weighted by Gasteiger charge is -2.28. The number of carbonyl (C=O) groups excluding carboxylic acids is 1. The van der Waals surface area contributed by atoms with Gasteiger partial charge in [-0.15, -0.1) is 0 Å². The van der Waals surface area contributed by atoms with Gasteiger partial charge in [-0.3, -0.25) is 14.9 Å². The number of hydrogen-bond acceptors (Lipinski definition) is 5. The summed E-state index contributed by atoms with van der Waals surface area (Å²) in [6.07, 6.45) is 2.21. The molecule has 0 bridgehead atoms. The molecule has 1 fully saturated rings. The summed E-state index contributed by atoms with van der Waals surface area (Å²) in [5, 5.41) is 14.5. The van der Waals surface area contributed by atoms with Gasteiger partial charge in [0, 0.05) is 25.2 Å². The maximum atomic E-state index is 11.3. The number of anilines is 1. The van der Waals surface area contributed by atoms with Crippen molar-refractivity contribution in [2.24, 2.45) is 11.7 Å². The van der Waals surface area contributed by atoms with Crippen LogP contribution >= 0.6 is 0 Å². The van der Waals surface area contributed by atoms with E-state index in [4.69, 9.17) is 5.73 Å². The maximum Gasteiger partial charge on any atom is 0.292 e. The summed E-state index contributed by atoms with van der Waals surface area (Å²) in [7, 11) is 1.81. The second-order valence-corrected chi connectivity index (χ2v) is 5.42. The van der Waals surface area contributed by atoms with Gasteiger partial charge in [-0.2, -0.15) is 0 Å². The van der Waals surface area contributed by atoms with E-state index in [0.29, 0.717) is 18.2 Å². The van der Waals surface area contributed by atoms with Crippen LogP contribution in [0.25, 0.3) is 0 Å². The number of hydrogen-bond donors (Lipinski definition) is 2. The van der Waals surface area contributed by atoms with E-state index < -0.39 is 10.8 Å². The van der Waals surface area contributed by atoms with Crippen molar-refractivity contribution in [3.05, 3.63) is 33.9 Å². The van der Waals surface area contributed by atoms with Crippen LogP contribution in [-0.4, -0.2) is 37.5 Å². The topological polar surface area (TPSA) is 102 Å². The van der Waals surface area contributed by atoms with Crippen LogP contribution in [-0.2, 0) is 0 Å². The van der Waals surface area contributed by atoms with E-state index in [1.54, 1.807) is 0 Å². The highest BCUT2D eigenvalue weighted by Crippen LogP contribution is 2.29. The van der Waals surface area contributed by atoms with E-state index in [2.05, 4.69) is 5.32 Å². The Morgan fingerprint density at radius 2 is 2.33 bits per heavy atom. The van der Waals surface area contributed by atoms with Gasteiger partial charge < -0.3 is 16.0 Å². The van der Waals surface area contributed by atoms with E-state index in [1.807, 2.05) is 11.9 Å². The molecule has 1 saturated heterocycles. The van der Waals surface area contributed by atoms with Crippen LogP contribution in [0.15, 0.2) is 18.2 Å². The Morgan fingerprint density at radius 3 is 2.90 bits per heavy atom. The molecule has 2 rings (SSSR count). The van der Waals surface area contributed by atoms with Crippen LogP contribution in [0.4, 0.5) is 11.4 Å². The fourth-order valence-corrected chi connectivity index (χ4v) is 2.70. The van der Waals surface area contributed by atoms with Gasteiger partial charge in [0.2, 0.25) is 5.91 Å². The standard InChI is InChI=1S/C14H20N4O3/c1-17(9-10-3-2-6-16-8-10)13-7-11(14(15)19)4-5-12(13)18(20)21/h4-5,7,10,16H,2-3,6,8-9H2,1H3,(H2,15,19). The third-order valence-electron chi connectivity index (χ3n) is 3.80. The van der Waals surface area contributed by atoms with Gasteiger partial charge in [-0.05, 0) is 44.0 Å². The van der Waals surface area contributed by atoms with Crippen LogP contribution in [0.3, 0.4) is 0 Å². The molecular weight excluding hydrogens is 272 g/mol. The average molecular weight is 292 g/mol. The van der Waals surface area contributed by atoms with Crippen molar-refractivity contribution in [3.63, 3.8) is 0 Å². The number of nitrogens with zero attached hydrogens (tertiary/aromatic N) is 2. The second-order valence-electron chi connectivity index (χ2n) is 5.42. The lowest BCUT2D eigenvalue weighted by molar-refractivity contribution is -0.384. The zero-order valence-corrected chi connectivity index (χ0v) is 12.0. The van der Waals surface area contributed by atoms with Crippen molar-refractivity contribution in [2.75, 3.05) is 31.6 Å². The summed E-state index contributed by atoms with van der Waals surface area (Å²) in [4.78, 5) is 23.8. The van der Waals surface area contributed by atoms with Gasteiger partial charge in [-0.25, -0.2) is 0 Å². The van der Waals surface area contributed by atoms with E-state index in [9.17, 15) is 14.9 Å². The first kappa shape index (κ1) is 15.2. The minimum atomic E-state index is -0.584. The number of nitrogens with one attached hydrogen (secondary N) is 1. The summed E-state index contributed by atoms with van der Waals surface area (Å²) in [6.45, 7) is 2.64. The fraction of sp³-hybridized carbons (Fsp3) is 0.500. The van der Waals surface area contributed by atoms with E-state index in [1.165, 1.54) is 18.2 Å². The summed E-state index contributed by atoms with van der Waals surface area (Å²) >= 11 is 0. The molecule has 7 nitrogen and oxygen atoms in total. The van der Waals surface area contributed by atoms with Crippen LogP contribution in [0.1, 0.15) is 23.2 Å². The molecule has 0 aliphatic carbocycles. The van der Waals surface area contributed by atoms with Crippen molar-refractivity contribution in [3.8, 4) is 0 Å². The molecule has 1 aliphatic rings. The molecule has 3 N–H and O–H groups in total. The molecular formula is C14H20N4O3. The number of rotatable bonds is 5. The van der Waals surface area contributed by atoms with Crippen molar-refractivity contribution in [1.29, 1.82) is 0 Å². The van der Waals surface area contributed by atoms with Crippen LogP contribution in [0.2, 0.25) is 0 Å². The summed E-state index contributed by atoms with van der Waals surface area (Å²) in [6, 6.07) is 4.22. The Hall–Kier alpha value is -2.15. The number of primary amides is 1. The summed E-state index contributed by atoms with van der Waals surface area (Å²) in [5.74, 6) is -0.139. The van der Waals surface area contributed by atoms with Gasteiger partial charge in [0.25, 0.3) is 5.69 Å².